The lowest BCUT2D eigenvalue weighted by molar-refractivity contribution is 0.156. The Labute approximate surface area is 94.4 Å². The highest BCUT2D eigenvalue weighted by atomic mass is 19.1. The molecule has 1 atom stereocenters. The van der Waals surface area contributed by atoms with Gasteiger partial charge in [0.2, 0.25) is 0 Å². The van der Waals surface area contributed by atoms with Crippen LogP contribution in [-0.4, -0.2) is 36.3 Å². The molecule has 1 heterocycles. The third kappa shape index (κ3) is 2.71. The highest BCUT2D eigenvalue weighted by Crippen LogP contribution is 2.18. The van der Waals surface area contributed by atoms with Crippen molar-refractivity contribution in [2.75, 3.05) is 20.3 Å². The van der Waals surface area contributed by atoms with E-state index in [1.807, 2.05) is 7.05 Å². The number of nitrogens with zero attached hydrogens (tertiary/aromatic N) is 1. The molecule has 0 spiro atoms. The summed E-state index contributed by atoms with van der Waals surface area (Å²) in [5, 5.41) is 9.29. The summed E-state index contributed by atoms with van der Waals surface area (Å²) in [6.45, 7) is 2.15. The molecule has 1 N–H and O–H groups in total. The van der Waals surface area contributed by atoms with Crippen LogP contribution in [-0.2, 0) is 11.3 Å². The van der Waals surface area contributed by atoms with Crippen LogP contribution >= 0.6 is 0 Å². The molecule has 0 aromatic heterocycles. The van der Waals surface area contributed by atoms with Crippen LogP contribution < -0.4 is 0 Å². The largest absolute Gasteiger partial charge is 0.508 e. The summed E-state index contributed by atoms with van der Waals surface area (Å²) in [7, 11) is 1.99. The van der Waals surface area contributed by atoms with Gasteiger partial charge in [0.25, 0.3) is 0 Å². The molecule has 1 unspecified atom stereocenters. The molecule has 1 aliphatic rings. The van der Waals surface area contributed by atoms with Gasteiger partial charge in [0.15, 0.2) is 0 Å². The Hall–Kier alpha value is -1.13. The molecule has 1 fully saturated rings. The fourth-order valence-corrected chi connectivity index (χ4v) is 2.01. The van der Waals surface area contributed by atoms with E-state index in [9.17, 15) is 9.50 Å². The van der Waals surface area contributed by atoms with Crippen molar-refractivity contribution in [2.24, 2.45) is 0 Å². The van der Waals surface area contributed by atoms with Gasteiger partial charge in [0.1, 0.15) is 11.6 Å². The summed E-state index contributed by atoms with van der Waals surface area (Å²) in [6.07, 6.45) is 1.01. The molecule has 1 aromatic carbocycles. The Morgan fingerprint density at radius 1 is 1.50 bits per heavy atom. The van der Waals surface area contributed by atoms with Gasteiger partial charge in [0, 0.05) is 25.3 Å². The van der Waals surface area contributed by atoms with Crippen LogP contribution in [0, 0.1) is 5.82 Å². The highest BCUT2D eigenvalue weighted by Gasteiger charge is 2.20. The number of hydrogen-bond acceptors (Lipinski definition) is 3. The summed E-state index contributed by atoms with van der Waals surface area (Å²) < 4.78 is 18.4. The van der Waals surface area contributed by atoms with Gasteiger partial charge >= 0.3 is 0 Å². The zero-order chi connectivity index (χ0) is 11.5. The van der Waals surface area contributed by atoms with Crippen LogP contribution in [0.3, 0.4) is 0 Å². The van der Waals surface area contributed by atoms with Crippen molar-refractivity contribution in [3.63, 3.8) is 0 Å². The van der Waals surface area contributed by atoms with Crippen LogP contribution in [0.25, 0.3) is 0 Å². The van der Waals surface area contributed by atoms with Crippen LogP contribution in [0.15, 0.2) is 18.2 Å². The minimum atomic E-state index is -0.397. The number of hydrogen-bond donors (Lipinski definition) is 1. The van der Waals surface area contributed by atoms with E-state index in [4.69, 9.17) is 4.74 Å². The molecule has 1 aliphatic heterocycles. The number of rotatable bonds is 3. The summed E-state index contributed by atoms with van der Waals surface area (Å²) in [4.78, 5) is 2.13. The number of ether oxygens (including phenoxy) is 1. The SMILES string of the molecule is CN(Cc1cc(O)cc(F)c1)C1CCOC1. The second-order valence-corrected chi connectivity index (χ2v) is 4.25. The van der Waals surface area contributed by atoms with Gasteiger partial charge in [-0.15, -0.1) is 0 Å². The van der Waals surface area contributed by atoms with Crippen LogP contribution in [0.2, 0.25) is 0 Å². The van der Waals surface area contributed by atoms with E-state index >= 15 is 0 Å². The van der Waals surface area contributed by atoms with Crippen LogP contribution in [0.1, 0.15) is 12.0 Å². The first kappa shape index (κ1) is 11.4. The number of phenols is 1. The topological polar surface area (TPSA) is 32.7 Å². The molecular formula is C12H16FNO2. The summed E-state index contributed by atoms with van der Waals surface area (Å²) in [5.74, 6) is -0.419. The summed E-state index contributed by atoms with van der Waals surface area (Å²) in [5.41, 5.74) is 0.784. The van der Waals surface area contributed by atoms with E-state index in [0.717, 1.165) is 31.3 Å². The van der Waals surface area contributed by atoms with Crippen molar-refractivity contribution < 1.29 is 14.2 Å². The molecule has 3 nitrogen and oxygen atoms in total. The minimum Gasteiger partial charge on any atom is -0.508 e. The first-order chi connectivity index (χ1) is 7.65. The first-order valence-electron chi connectivity index (χ1n) is 5.41. The van der Waals surface area contributed by atoms with Gasteiger partial charge in [0.05, 0.1) is 6.61 Å². The van der Waals surface area contributed by atoms with Crippen LogP contribution in [0.4, 0.5) is 4.39 Å². The van der Waals surface area contributed by atoms with E-state index < -0.39 is 5.82 Å². The van der Waals surface area contributed by atoms with Gasteiger partial charge < -0.3 is 9.84 Å². The van der Waals surface area contributed by atoms with Gasteiger partial charge in [-0.1, -0.05) is 0 Å². The Bertz CT molecular complexity index is 344. The smallest absolute Gasteiger partial charge is 0.127 e. The summed E-state index contributed by atoms with van der Waals surface area (Å²) in [6, 6.07) is 4.55. The van der Waals surface area contributed by atoms with E-state index in [0.29, 0.717) is 12.6 Å². The number of aromatic hydroxyl groups is 1. The zero-order valence-electron chi connectivity index (χ0n) is 9.32. The molecular weight excluding hydrogens is 209 g/mol. The van der Waals surface area contributed by atoms with E-state index in [-0.39, 0.29) is 5.75 Å². The van der Waals surface area contributed by atoms with Crippen molar-refractivity contribution in [3.8, 4) is 5.75 Å². The Balaban J connectivity index is 2.02. The maximum atomic E-state index is 13.1. The van der Waals surface area contributed by atoms with E-state index in [1.54, 1.807) is 6.07 Å². The average Bonchev–Trinajstić information content (AvgIpc) is 2.68. The molecule has 16 heavy (non-hydrogen) atoms. The first-order valence-corrected chi connectivity index (χ1v) is 5.41. The average molecular weight is 225 g/mol. The predicted molar refractivity (Wildman–Crippen MR) is 58.8 cm³/mol. The maximum Gasteiger partial charge on any atom is 0.127 e. The zero-order valence-corrected chi connectivity index (χ0v) is 9.32. The molecule has 4 heteroatoms. The third-order valence-electron chi connectivity index (χ3n) is 2.90. The van der Waals surface area contributed by atoms with Gasteiger partial charge in [-0.05, 0) is 31.2 Å². The summed E-state index contributed by atoms with van der Waals surface area (Å²) >= 11 is 0. The van der Waals surface area contributed by atoms with Crippen molar-refractivity contribution in [1.29, 1.82) is 0 Å². The fraction of sp³-hybridized carbons (Fsp3) is 0.500. The van der Waals surface area contributed by atoms with Gasteiger partial charge in [-0.3, -0.25) is 4.90 Å². The highest BCUT2D eigenvalue weighted by molar-refractivity contribution is 5.28. The molecule has 88 valence electrons. The van der Waals surface area contributed by atoms with Crippen molar-refractivity contribution in [3.05, 3.63) is 29.6 Å². The molecule has 2 rings (SSSR count). The van der Waals surface area contributed by atoms with Crippen molar-refractivity contribution >= 4 is 0 Å². The molecule has 0 saturated carbocycles. The van der Waals surface area contributed by atoms with Crippen LogP contribution in [0.5, 0.6) is 5.75 Å². The molecule has 1 saturated heterocycles. The predicted octanol–water partition coefficient (Wildman–Crippen LogP) is 1.75. The van der Waals surface area contributed by atoms with Crippen molar-refractivity contribution in [2.45, 2.75) is 19.0 Å². The molecule has 0 amide bonds. The standard InChI is InChI=1S/C12H16FNO2/c1-14(11-2-3-16-8-11)7-9-4-10(13)6-12(15)5-9/h4-6,11,15H,2-3,7-8H2,1H3. The number of likely N-dealkylation sites (N-methyl/N-ethyl adjacent to an activating group) is 1. The number of phenolic OH excluding ortho intramolecular Hbond substituents is 1. The normalized spacial score (nSPS) is 20.6. The number of halogens is 1. The Morgan fingerprint density at radius 2 is 2.31 bits per heavy atom. The lowest BCUT2D eigenvalue weighted by Crippen LogP contribution is -2.31. The second-order valence-electron chi connectivity index (χ2n) is 4.25. The molecule has 1 aromatic rings. The van der Waals surface area contributed by atoms with E-state index in [2.05, 4.69) is 4.90 Å². The molecule has 0 aliphatic carbocycles. The Kier molecular flexibility index (Phi) is 3.41. The second kappa shape index (κ2) is 4.80. The molecule has 0 bridgehead atoms. The van der Waals surface area contributed by atoms with Gasteiger partial charge in [-0.25, -0.2) is 4.39 Å². The monoisotopic (exact) mass is 225 g/mol. The Morgan fingerprint density at radius 3 is 2.94 bits per heavy atom. The third-order valence-corrected chi connectivity index (χ3v) is 2.90. The lowest BCUT2D eigenvalue weighted by atomic mass is 10.1. The van der Waals surface area contributed by atoms with Crippen molar-refractivity contribution in [1.82, 2.24) is 4.90 Å². The minimum absolute atomic E-state index is 0.0222. The lowest BCUT2D eigenvalue weighted by Gasteiger charge is -2.22. The van der Waals surface area contributed by atoms with E-state index in [1.165, 1.54) is 6.07 Å². The quantitative estimate of drug-likeness (QED) is 0.850. The molecule has 0 radical (unpaired) electrons. The van der Waals surface area contributed by atoms with Gasteiger partial charge in [-0.2, -0.15) is 0 Å². The maximum absolute atomic E-state index is 13.1. The fourth-order valence-electron chi connectivity index (χ4n) is 2.01. The number of benzene rings is 1.